The molecule has 0 aromatic heterocycles. The molecule has 0 heterocycles. The lowest BCUT2D eigenvalue weighted by Gasteiger charge is -2.14. The number of aliphatic hydroxyl groups excluding tert-OH is 1. The average Bonchev–Trinajstić information content (AvgIpc) is 2.45. The van der Waals surface area contributed by atoms with Crippen molar-refractivity contribution in [3.63, 3.8) is 0 Å². The molecule has 1 atom stereocenters. The minimum atomic E-state index is -0.0455. The highest BCUT2D eigenvalue weighted by Crippen LogP contribution is 2.19. The molecule has 1 rings (SSSR count). The summed E-state index contributed by atoms with van der Waals surface area (Å²) >= 11 is 0. The van der Waals surface area contributed by atoms with Gasteiger partial charge in [-0.1, -0.05) is 25.5 Å². The number of benzene rings is 1. The Morgan fingerprint density at radius 1 is 1.45 bits per heavy atom. The van der Waals surface area contributed by atoms with Crippen molar-refractivity contribution in [1.29, 1.82) is 0 Å². The molecule has 0 saturated carbocycles. The average molecular weight is 280 g/mol. The highest BCUT2D eigenvalue weighted by molar-refractivity contribution is 5.76. The Balaban J connectivity index is 2.22. The lowest BCUT2D eigenvalue weighted by atomic mass is 10.0. The molecule has 0 bridgehead atoms. The third-order valence-electron chi connectivity index (χ3n) is 3.21. The van der Waals surface area contributed by atoms with Gasteiger partial charge < -0.3 is 20.9 Å². The van der Waals surface area contributed by atoms with E-state index < -0.39 is 0 Å². The number of nitrogens with two attached hydrogens (primary N) is 1. The predicted molar refractivity (Wildman–Crippen MR) is 79.5 cm³/mol. The molecule has 0 spiro atoms. The Labute approximate surface area is 120 Å². The largest absolute Gasteiger partial charge is 0.491 e. The van der Waals surface area contributed by atoms with Crippen molar-refractivity contribution in [1.82, 2.24) is 5.32 Å². The summed E-state index contributed by atoms with van der Waals surface area (Å²) in [5.74, 6) is 0.887. The summed E-state index contributed by atoms with van der Waals surface area (Å²) in [6.07, 6.45) is 1.95. The number of nitrogens with one attached hydrogen (secondary N) is 1. The monoisotopic (exact) mass is 280 g/mol. The van der Waals surface area contributed by atoms with E-state index in [4.69, 9.17) is 15.6 Å². The van der Waals surface area contributed by atoms with Gasteiger partial charge in [0.15, 0.2) is 0 Å². The molecule has 0 aliphatic carbocycles. The van der Waals surface area contributed by atoms with Crippen molar-refractivity contribution < 1.29 is 14.6 Å². The number of amides is 1. The van der Waals surface area contributed by atoms with Gasteiger partial charge in [-0.3, -0.25) is 4.79 Å². The number of nitrogen functional groups attached to an aromatic ring is 1. The quantitative estimate of drug-likeness (QED) is 0.599. The number of carbonyl (C=O) groups excluding carboxylic acids is 1. The molecule has 4 N–H and O–H groups in total. The van der Waals surface area contributed by atoms with Gasteiger partial charge >= 0.3 is 0 Å². The molecule has 1 aromatic rings. The molecule has 0 radical (unpaired) electrons. The maximum absolute atomic E-state index is 11.7. The molecule has 1 aromatic carbocycles. The van der Waals surface area contributed by atoms with Gasteiger partial charge in [-0.25, -0.2) is 0 Å². The van der Waals surface area contributed by atoms with Crippen molar-refractivity contribution in [3.05, 3.63) is 24.3 Å². The van der Waals surface area contributed by atoms with E-state index in [0.717, 1.165) is 6.42 Å². The number of carbonyl (C=O) groups is 1. The van der Waals surface area contributed by atoms with Crippen LogP contribution in [-0.4, -0.2) is 30.8 Å². The van der Waals surface area contributed by atoms with Gasteiger partial charge in [-0.05, 0) is 24.5 Å². The first-order chi connectivity index (χ1) is 9.67. The summed E-state index contributed by atoms with van der Waals surface area (Å²) in [6.45, 7) is 3.11. The van der Waals surface area contributed by atoms with Gasteiger partial charge in [-0.15, -0.1) is 0 Å². The van der Waals surface area contributed by atoms with Crippen LogP contribution in [-0.2, 0) is 4.79 Å². The lowest BCUT2D eigenvalue weighted by molar-refractivity contribution is -0.121. The Bertz CT molecular complexity index is 410. The number of hydrogen-bond acceptors (Lipinski definition) is 4. The zero-order valence-corrected chi connectivity index (χ0v) is 12.0. The van der Waals surface area contributed by atoms with Crippen LogP contribution in [0.5, 0.6) is 5.75 Å². The van der Waals surface area contributed by atoms with Crippen LogP contribution >= 0.6 is 0 Å². The maximum atomic E-state index is 11.7. The summed E-state index contributed by atoms with van der Waals surface area (Å²) in [5, 5.41) is 11.7. The van der Waals surface area contributed by atoms with Crippen LogP contribution < -0.4 is 15.8 Å². The Morgan fingerprint density at radius 2 is 2.20 bits per heavy atom. The van der Waals surface area contributed by atoms with Crippen LogP contribution in [0.3, 0.4) is 0 Å². The van der Waals surface area contributed by atoms with E-state index >= 15 is 0 Å². The Hall–Kier alpha value is -1.75. The fourth-order valence-corrected chi connectivity index (χ4v) is 1.85. The van der Waals surface area contributed by atoms with Gasteiger partial charge in [0.25, 0.3) is 0 Å². The van der Waals surface area contributed by atoms with Crippen molar-refractivity contribution in [2.45, 2.75) is 26.2 Å². The van der Waals surface area contributed by atoms with E-state index in [1.54, 1.807) is 12.1 Å². The third kappa shape index (κ3) is 5.93. The lowest BCUT2D eigenvalue weighted by Crippen LogP contribution is -2.30. The zero-order chi connectivity index (χ0) is 14.8. The highest BCUT2D eigenvalue weighted by atomic mass is 16.5. The Morgan fingerprint density at radius 3 is 2.85 bits per heavy atom. The minimum absolute atomic E-state index is 0.0455. The number of rotatable bonds is 9. The van der Waals surface area contributed by atoms with Gasteiger partial charge in [0.1, 0.15) is 5.75 Å². The van der Waals surface area contributed by atoms with Crippen molar-refractivity contribution in [3.8, 4) is 5.75 Å². The highest BCUT2D eigenvalue weighted by Gasteiger charge is 2.08. The van der Waals surface area contributed by atoms with Gasteiger partial charge in [0.05, 0.1) is 18.7 Å². The van der Waals surface area contributed by atoms with E-state index in [2.05, 4.69) is 5.32 Å². The number of anilines is 1. The standard InChI is InChI=1S/C15H24N2O3/c1-2-12(7-9-18)11-17-15(19)8-10-20-14-6-4-3-5-13(14)16/h3-6,12,18H,2,7-11,16H2,1H3,(H,17,19). The fraction of sp³-hybridized carbons (Fsp3) is 0.533. The topological polar surface area (TPSA) is 84.6 Å². The second-order valence-corrected chi connectivity index (χ2v) is 4.73. The molecule has 112 valence electrons. The van der Waals surface area contributed by atoms with Crippen LogP contribution in [0.2, 0.25) is 0 Å². The van der Waals surface area contributed by atoms with Crippen LogP contribution in [0.15, 0.2) is 24.3 Å². The van der Waals surface area contributed by atoms with E-state index in [0.29, 0.717) is 43.3 Å². The molecular formula is C15H24N2O3. The van der Waals surface area contributed by atoms with Crippen molar-refractivity contribution in [2.75, 3.05) is 25.5 Å². The SMILES string of the molecule is CCC(CCO)CNC(=O)CCOc1ccccc1N. The molecular weight excluding hydrogens is 256 g/mol. The molecule has 1 unspecified atom stereocenters. The first-order valence-electron chi connectivity index (χ1n) is 7.02. The number of para-hydroxylation sites is 2. The van der Waals surface area contributed by atoms with Crippen LogP contribution in [0.4, 0.5) is 5.69 Å². The van der Waals surface area contributed by atoms with Gasteiger partial charge in [0, 0.05) is 13.2 Å². The van der Waals surface area contributed by atoms with Crippen LogP contribution in [0.25, 0.3) is 0 Å². The summed E-state index contributed by atoms with van der Waals surface area (Å²) < 4.78 is 5.46. The summed E-state index contributed by atoms with van der Waals surface area (Å²) in [5.41, 5.74) is 6.31. The minimum Gasteiger partial charge on any atom is -0.491 e. The summed E-state index contributed by atoms with van der Waals surface area (Å²) in [4.78, 5) is 11.7. The van der Waals surface area contributed by atoms with Gasteiger partial charge in [0.2, 0.25) is 5.91 Å². The molecule has 0 aliphatic heterocycles. The zero-order valence-electron chi connectivity index (χ0n) is 12.0. The predicted octanol–water partition coefficient (Wildman–Crippen LogP) is 1.56. The normalized spacial score (nSPS) is 11.9. The smallest absolute Gasteiger partial charge is 0.223 e. The van der Waals surface area contributed by atoms with E-state index in [-0.39, 0.29) is 12.5 Å². The summed E-state index contributed by atoms with van der Waals surface area (Å²) in [7, 11) is 0. The van der Waals surface area contributed by atoms with E-state index in [1.165, 1.54) is 0 Å². The van der Waals surface area contributed by atoms with Crippen molar-refractivity contribution >= 4 is 11.6 Å². The molecule has 20 heavy (non-hydrogen) atoms. The molecule has 5 nitrogen and oxygen atoms in total. The third-order valence-corrected chi connectivity index (χ3v) is 3.21. The fourth-order valence-electron chi connectivity index (χ4n) is 1.85. The van der Waals surface area contributed by atoms with Gasteiger partial charge in [-0.2, -0.15) is 0 Å². The molecule has 0 fully saturated rings. The first kappa shape index (κ1) is 16.3. The Kier molecular flexibility index (Phi) is 7.50. The number of ether oxygens (including phenoxy) is 1. The van der Waals surface area contributed by atoms with Crippen molar-refractivity contribution in [2.24, 2.45) is 5.92 Å². The van der Waals surface area contributed by atoms with E-state index in [9.17, 15) is 4.79 Å². The number of aliphatic hydroxyl groups is 1. The molecule has 1 amide bonds. The first-order valence-corrected chi connectivity index (χ1v) is 7.02. The van der Waals surface area contributed by atoms with E-state index in [1.807, 2.05) is 19.1 Å². The second-order valence-electron chi connectivity index (χ2n) is 4.73. The second kappa shape index (κ2) is 9.20. The van der Waals surface area contributed by atoms with Crippen LogP contribution in [0, 0.1) is 5.92 Å². The maximum Gasteiger partial charge on any atom is 0.223 e. The summed E-state index contributed by atoms with van der Waals surface area (Å²) in [6, 6.07) is 7.21. The molecule has 5 heteroatoms. The van der Waals surface area contributed by atoms with Crippen LogP contribution in [0.1, 0.15) is 26.2 Å². The molecule has 0 aliphatic rings. The number of hydrogen-bond donors (Lipinski definition) is 3. The molecule has 0 saturated heterocycles.